The first-order chi connectivity index (χ1) is 3.88. The molecule has 1 atom stereocenters. The van der Waals surface area contributed by atoms with E-state index >= 15 is 0 Å². The molecular formula is C5H9NO2. The zero-order valence-corrected chi connectivity index (χ0v) is 4.83. The lowest BCUT2D eigenvalue weighted by atomic mass is 10.2. The maximum atomic E-state index is 10.0. The van der Waals surface area contributed by atoms with Gasteiger partial charge in [0.2, 0.25) is 6.41 Å². The fourth-order valence-corrected chi connectivity index (χ4v) is 0.757. The Morgan fingerprint density at radius 1 is 1.88 bits per heavy atom. The van der Waals surface area contributed by atoms with E-state index in [-0.39, 0.29) is 6.23 Å². The van der Waals surface area contributed by atoms with Crippen molar-refractivity contribution in [2.75, 3.05) is 13.7 Å². The van der Waals surface area contributed by atoms with Crippen molar-refractivity contribution in [1.29, 1.82) is 0 Å². The summed E-state index contributed by atoms with van der Waals surface area (Å²) in [5.41, 5.74) is 0. The summed E-state index contributed by atoms with van der Waals surface area (Å²) in [6.45, 7) is 0.849. The highest BCUT2D eigenvalue weighted by molar-refractivity contribution is 5.48. The normalized spacial score (nSPS) is 27.1. The molecule has 1 amide bonds. The van der Waals surface area contributed by atoms with Gasteiger partial charge in [0.1, 0.15) is 6.23 Å². The van der Waals surface area contributed by atoms with E-state index in [4.69, 9.17) is 4.74 Å². The van der Waals surface area contributed by atoms with Gasteiger partial charge < -0.3 is 9.64 Å². The van der Waals surface area contributed by atoms with Crippen molar-refractivity contribution in [3.8, 4) is 0 Å². The summed E-state index contributed by atoms with van der Waals surface area (Å²) in [7, 11) is 1.61. The fraction of sp³-hybridized carbons (Fsp3) is 0.800. The van der Waals surface area contributed by atoms with Gasteiger partial charge in [0, 0.05) is 20.1 Å². The minimum atomic E-state index is 0.0625. The Morgan fingerprint density at radius 3 is 2.75 bits per heavy atom. The van der Waals surface area contributed by atoms with E-state index in [1.165, 1.54) is 0 Å². The lowest BCUT2D eigenvalue weighted by Gasteiger charge is -2.36. The predicted octanol–water partition coefficient (Wildman–Crippen LogP) is -0.179. The molecule has 0 aromatic heterocycles. The average Bonchev–Trinajstić information content (AvgIpc) is 1.66. The lowest BCUT2D eigenvalue weighted by Crippen LogP contribution is -2.47. The van der Waals surface area contributed by atoms with Crippen LogP contribution in [0.1, 0.15) is 6.42 Å². The lowest BCUT2D eigenvalue weighted by molar-refractivity contribution is -0.145. The molecule has 0 bridgehead atoms. The zero-order chi connectivity index (χ0) is 5.98. The molecule has 1 aliphatic rings. The Kier molecular flexibility index (Phi) is 1.48. The Morgan fingerprint density at radius 2 is 2.62 bits per heavy atom. The van der Waals surface area contributed by atoms with Crippen molar-refractivity contribution in [1.82, 2.24) is 4.90 Å². The number of carbonyl (C=O) groups is 1. The minimum Gasteiger partial charge on any atom is -0.361 e. The van der Waals surface area contributed by atoms with Crippen molar-refractivity contribution < 1.29 is 9.53 Å². The van der Waals surface area contributed by atoms with Gasteiger partial charge in [0.05, 0.1) is 0 Å². The van der Waals surface area contributed by atoms with Crippen molar-refractivity contribution in [2.45, 2.75) is 12.6 Å². The first-order valence-electron chi connectivity index (χ1n) is 2.62. The van der Waals surface area contributed by atoms with E-state index in [9.17, 15) is 4.79 Å². The average molecular weight is 115 g/mol. The van der Waals surface area contributed by atoms with Crippen molar-refractivity contribution in [3.05, 3.63) is 0 Å². The Bertz CT molecular complexity index is 92.4. The van der Waals surface area contributed by atoms with E-state index in [1.54, 1.807) is 12.0 Å². The number of methoxy groups -OCH3 is 1. The van der Waals surface area contributed by atoms with E-state index in [2.05, 4.69) is 0 Å². The molecule has 0 spiro atoms. The Balaban J connectivity index is 2.26. The van der Waals surface area contributed by atoms with Crippen LogP contribution in [0.15, 0.2) is 0 Å². The first kappa shape index (κ1) is 5.56. The summed E-state index contributed by atoms with van der Waals surface area (Å²) in [4.78, 5) is 11.6. The number of ether oxygens (including phenoxy) is 1. The molecule has 1 saturated heterocycles. The predicted molar refractivity (Wildman–Crippen MR) is 28.2 cm³/mol. The SMILES string of the molecule is COC1CCN1C=O. The van der Waals surface area contributed by atoms with Crippen LogP contribution in [0.5, 0.6) is 0 Å². The minimum absolute atomic E-state index is 0.0625. The van der Waals surface area contributed by atoms with Crippen LogP contribution in [0.2, 0.25) is 0 Å². The van der Waals surface area contributed by atoms with Crippen LogP contribution in [-0.2, 0) is 9.53 Å². The summed E-state index contributed by atoms with van der Waals surface area (Å²) in [6, 6.07) is 0. The van der Waals surface area contributed by atoms with Gasteiger partial charge in [-0.2, -0.15) is 0 Å². The van der Waals surface area contributed by atoms with E-state index < -0.39 is 0 Å². The summed E-state index contributed by atoms with van der Waals surface area (Å²) in [5.74, 6) is 0. The van der Waals surface area contributed by atoms with Crippen molar-refractivity contribution >= 4 is 6.41 Å². The summed E-state index contributed by atoms with van der Waals surface area (Å²) in [5, 5.41) is 0. The number of carbonyl (C=O) groups excluding carboxylic acids is 1. The second kappa shape index (κ2) is 2.13. The number of hydrogen-bond donors (Lipinski definition) is 0. The summed E-state index contributed by atoms with van der Waals surface area (Å²) >= 11 is 0. The highest BCUT2D eigenvalue weighted by atomic mass is 16.5. The highest BCUT2D eigenvalue weighted by Gasteiger charge is 2.25. The van der Waals surface area contributed by atoms with Crippen molar-refractivity contribution in [2.24, 2.45) is 0 Å². The highest BCUT2D eigenvalue weighted by Crippen LogP contribution is 2.13. The number of amides is 1. The molecule has 0 aromatic carbocycles. The van der Waals surface area contributed by atoms with E-state index in [1.807, 2.05) is 0 Å². The third kappa shape index (κ3) is 0.690. The second-order valence-electron chi connectivity index (χ2n) is 1.82. The van der Waals surface area contributed by atoms with Crippen LogP contribution >= 0.6 is 0 Å². The van der Waals surface area contributed by atoms with Crippen molar-refractivity contribution in [3.63, 3.8) is 0 Å². The third-order valence-electron chi connectivity index (χ3n) is 1.41. The largest absolute Gasteiger partial charge is 0.361 e. The van der Waals surface area contributed by atoms with Crippen LogP contribution in [0, 0.1) is 0 Å². The van der Waals surface area contributed by atoms with Gasteiger partial charge in [-0.1, -0.05) is 0 Å². The first-order valence-corrected chi connectivity index (χ1v) is 2.62. The van der Waals surface area contributed by atoms with Gasteiger partial charge in [-0.25, -0.2) is 0 Å². The standard InChI is InChI=1S/C5H9NO2/c1-8-5-2-3-6(5)4-7/h4-5H,2-3H2,1H3. The number of rotatable bonds is 2. The molecular weight excluding hydrogens is 106 g/mol. The number of likely N-dealkylation sites (tertiary alicyclic amines) is 1. The molecule has 1 fully saturated rings. The number of nitrogens with zero attached hydrogens (tertiary/aromatic N) is 1. The molecule has 1 aliphatic heterocycles. The number of hydrogen-bond acceptors (Lipinski definition) is 2. The Hall–Kier alpha value is -0.570. The molecule has 8 heavy (non-hydrogen) atoms. The van der Waals surface area contributed by atoms with Crippen LogP contribution in [-0.4, -0.2) is 31.2 Å². The van der Waals surface area contributed by atoms with E-state index in [0.717, 1.165) is 19.4 Å². The second-order valence-corrected chi connectivity index (χ2v) is 1.82. The molecule has 46 valence electrons. The van der Waals surface area contributed by atoms with Crippen LogP contribution < -0.4 is 0 Å². The molecule has 0 aromatic rings. The Labute approximate surface area is 48.2 Å². The zero-order valence-electron chi connectivity index (χ0n) is 4.83. The fourth-order valence-electron chi connectivity index (χ4n) is 0.757. The van der Waals surface area contributed by atoms with Crippen LogP contribution in [0.3, 0.4) is 0 Å². The smallest absolute Gasteiger partial charge is 0.211 e. The molecule has 1 rings (SSSR count). The molecule has 3 heteroatoms. The van der Waals surface area contributed by atoms with Gasteiger partial charge in [-0.3, -0.25) is 4.79 Å². The molecule has 1 heterocycles. The molecule has 3 nitrogen and oxygen atoms in total. The van der Waals surface area contributed by atoms with Gasteiger partial charge in [0.15, 0.2) is 0 Å². The van der Waals surface area contributed by atoms with Gasteiger partial charge in [-0.05, 0) is 0 Å². The van der Waals surface area contributed by atoms with Gasteiger partial charge in [0.25, 0.3) is 0 Å². The summed E-state index contributed by atoms with van der Waals surface area (Å²) < 4.78 is 4.88. The summed E-state index contributed by atoms with van der Waals surface area (Å²) in [6.07, 6.45) is 1.86. The third-order valence-corrected chi connectivity index (χ3v) is 1.41. The maximum Gasteiger partial charge on any atom is 0.211 e. The van der Waals surface area contributed by atoms with Gasteiger partial charge >= 0.3 is 0 Å². The van der Waals surface area contributed by atoms with Gasteiger partial charge in [-0.15, -0.1) is 0 Å². The topological polar surface area (TPSA) is 29.5 Å². The van der Waals surface area contributed by atoms with Crippen LogP contribution in [0.25, 0.3) is 0 Å². The van der Waals surface area contributed by atoms with E-state index in [0.29, 0.717) is 0 Å². The maximum absolute atomic E-state index is 10.0. The molecule has 0 radical (unpaired) electrons. The molecule has 0 saturated carbocycles. The molecule has 0 aliphatic carbocycles. The molecule has 1 unspecified atom stereocenters. The molecule has 0 N–H and O–H groups in total. The monoisotopic (exact) mass is 115 g/mol. The quantitative estimate of drug-likeness (QED) is 0.467. The van der Waals surface area contributed by atoms with Crippen LogP contribution in [0.4, 0.5) is 0 Å².